The van der Waals surface area contributed by atoms with Gasteiger partial charge in [0.1, 0.15) is 5.60 Å². The van der Waals surface area contributed by atoms with E-state index in [9.17, 15) is 5.11 Å². The molecule has 62 valence electrons. The van der Waals surface area contributed by atoms with Crippen LogP contribution in [0.15, 0.2) is 30.3 Å². The molecule has 0 spiro atoms. The van der Waals surface area contributed by atoms with Crippen LogP contribution >= 0.6 is 0 Å². The topological polar surface area (TPSA) is 20.2 Å². The summed E-state index contributed by atoms with van der Waals surface area (Å²) in [5.41, 5.74) is 1.46. The monoisotopic (exact) mass is 160 g/mol. The predicted molar refractivity (Wildman–Crippen MR) is 49.7 cm³/mol. The van der Waals surface area contributed by atoms with Gasteiger partial charge in [0, 0.05) is 0 Å². The molecule has 0 saturated carbocycles. The summed E-state index contributed by atoms with van der Waals surface area (Å²) < 4.78 is 0. The van der Waals surface area contributed by atoms with E-state index in [1.165, 1.54) is 0 Å². The molecule has 1 N–H and O–H groups in total. The maximum absolute atomic E-state index is 10.1. The molecule has 0 amide bonds. The van der Waals surface area contributed by atoms with Gasteiger partial charge in [-0.25, -0.2) is 0 Å². The summed E-state index contributed by atoms with van der Waals surface area (Å²) >= 11 is 0. The van der Waals surface area contributed by atoms with Gasteiger partial charge in [-0.2, -0.15) is 0 Å². The maximum Gasteiger partial charge on any atom is 0.108 e. The van der Waals surface area contributed by atoms with E-state index >= 15 is 0 Å². The Bertz CT molecular complexity index is 328. The first kappa shape index (κ1) is 7.56. The van der Waals surface area contributed by atoms with Crippen molar-refractivity contribution in [1.82, 2.24) is 0 Å². The van der Waals surface area contributed by atoms with Crippen LogP contribution in [0.5, 0.6) is 0 Å². The minimum absolute atomic E-state index is 0.712. The molecule has 1 aromatic carbocycles. The Morgan fingerprint density at radius 3 is 2.83 bits per heavy atom. The molecule has 1 heteroatoms. The van der Waals surface area contributed by atoms with Crippen molar-refractivity contribution in [3.05, 3.63) is 41.5 Å². The fraction of sp³-hybridized carbons (Fsp3) is 0.273. The summed E-state index contributed by atoms with van der Waals surface area (Å²) in [5, 5.41) is 10.1. The molecule has 0 radical (unpaired) electrons. The SMILES string of the molecule is CCC1(O)C=Cc2ccccc21. The second-order valence-electron chi connectivity index (χ2n) is 3.20. The van der Waals surface area contributed by atoms with Crippen molar-refractivity contribution >= 4 is 6.08 Å². The largest absolute Gasteiger partial charge is 0.381 e. The lowest BCUT2D eigenvalue weighted by Crippen LogP contribution is -2.19. The minimum atomic E-state index is -0.712. The smallest absolute Gasteiger partial charge is 0.108 e. The van der Waals surface area contributed by atoms with Gasteiger partial charge in [0.25, 0.3) is 0 Å². The number of benzene rings is 1. The van der Waals surface area contributed by atoms with Gasteiger partial charge in [0.15, 0.2) is 0 Å². The highest BCUT2D eigenvalue weighted by Crippen LogP contribution is 2.35. The Labute approximate surface area is 72.4 Å². The van der Waals surface area contributed by atoms with Crippen molar-refractivity contribution in [3.63, 3.8) is 0 Å². The third-order valence-corrected chi connectivity index (χ3v) is 2.50. The Morgan fingerprint density at radius 2 is 2.08 bits per heavy atom. The number of aliphatic hydroxyl groups is 1. The van der Waals surface area contributed by atoms with Crippen LogP contribution in [0.2, 0.25) is 0 Å². The van der Waals surface area contributed by atoms with Crippen molar-refractivity contribution in [2.45, 2.75) is 18.9 Å². The number of hydrogen-bond donors (Lipinski definition) is 1. The van der Waals surface area contributed by atoms with E-state index < -0.39 is 5.60 Å². The first-order valence-electron chi connectivity index (χ1n) is 4.27. The maximum atomic E-state index is 10.1. The summed E-state index contributed by atoms with van der Waals surface area (Å²) in [7, 11) is 0. The molecule has 0 fully saturated rings. The van der Waals surface area contributed by atoms with Crippen molar-refractivity contribution in [3.8, 4) is 0 Å². The van der Waals surface area contributed by atoms with Crippen LogP contribution in [0.3, 0.4) is 0 Å². The van der Waals surface area contributed by atoms with Gasteiger partial charge in [-0.15, -0.1) is 0 Å². The van der Waals surface area contributed by atoms with Crippen LogP contribution in [0.4, 0.5) is 0 Å². The minimum Gasteiger partial charge on any atom is -0.381 e. The van der Waals surface area contributed by atoms with Crippen molar-refractivity contribution < 1.29 is 5.11 Å². The second-order valence-corrected chi connectivity index (χ2v) is 3.20. The zero-order valence-electron chi connectivity index (χ0n) is 7.12. The lowest BCUT2D eigenvalue weighted by molar-refractivity contribution is 0.0887. The van der Waals surface area contributed by atoms with Crippen molar-refractivity contribution in [2.75, 3.05) is 0 Å². The normalized spacial score (nSPS) is 25.8. The molecule has 1 aliphatic rings. The molecular formula is C11H12O. The van der Waals surface area contributed by atoms with Gasteiger partial charge in [-0.1, -0.05) is 37.3 Å². The molecule has 1 nitrogen and oxygen atoms in total. The highest BCUT2D eigenvalue weighted by atomic mass is 16.3. The summed E-state index contributed by atoms with van der Waals surface area (Å²) in [6, 6.07) is 7.97. The Hall–Kier alpha value is -1.08. The molecule has 0 saturated heterocycles. The van der Waals surface area contributed by atoms with Gasteiger partial charge < -0.3 is 5.11 Å². The Kier molecular flexibility index (Phi) is 1.55. The molecule has 12 heavy (non-hydrogen) atoms. The zero-order chi connectivity index (χ0) is 8.60. The molecule has 2 rings (SSSR count). The third kappa shape index (κ3) is 0.901. The quantitative estimate of drug-likeness (QED) is 0.668. The van der Waals surface area contributed by atoms with Crippen LogP contribution < -0.4 is 0 Å². The van der Waals surface area contributed by atoms with E-state index in [0.717, 1.165) is 17.5 Å². The molecule has 0 aliphatic heterocycles. The Balaban J connectivity index is 2.56. The van der Waals surface area contributed by atoms with Crippen LogP contribution in [-0.2, 0) is 5.60 Å². The summed E-state index contributed by atoms with van der Waals surface area (Å²) in [6.07, 6.45) is 4.59. The van der Waals surface area contributed by atoms with E-state index in [1.807, 2.05) is 43.3 Å². The number of fused-ring (bicyclic) bond motifs is 1. The lowest BCUT2D eigenvalue weighted by atomic mass is 9.94. The van der Waals surface area contributed by atoms with Crippen molar-refractivity contribution in [1.29, 1.82) is 0 Å². The van der Waals surface area contributed by atoms with Crippen LogP contribution in [0.25, 0.3) is 6.08 Å². The lowest BCUT2D eigenvalue weighted by Gasteiger charge is -2.20. The van der Waals surface area contributed by atoms with E-state index in [1.54, 1.807) is 0 Å². The van der Waals surface area contributed by atoms with Gasteiger partial charge in [-0.3, -0.25) is 0 Å². The standard InChI is InChI=1S/C11H12O/c1-2-11(12)8-7-9-5-3-4-6-10(9)11/h3-8,12H,2H2,1H3. The first-order valence-corrected chi connectivity index (χ1v) is 4.27. The molecule has 1 aliphatic carbocycles. The molecule has 0 heterocycles. The molecular weight excluding hydrogens is 148 g/mol. The zero-order valence-corrected chi connectivity index (χ0v) is 7.12. The third-order valence-electron chi connectivity index (χ3n) is 2.50. The van der Waals surface area contributed by atoms with E-state index in [2.05, 4.69) is 0 Å². The molecule has 1 atom stereocenters. The van der Waals surface area contributed by atoms with Crippen LogP contribution in [-0.4, -0.2) is 5.11 Å². The van der Waals surface area contributed by atoms with Crippen LogP contribution in [0, 0.1) is 0 Å². The van der Waals surface area contributed by atoms with E-state index in [4.69, 9.17) is 0 Å². The fourth-order valence-corrected chi connectivity index (χ4v) is 1.66. The van der Waals surface area contributed by atoms with Crippen molar-refractivity contribution in [2.24, 2.45) is 0 Å². The number of hydrogen-bond acceptors (Lipinski definition) is 1. The summed E-state index contributed by atoms with van der Waals surface area (Å²) in [6.45, 7) is 1.99. The van der Waals surface area contributed by atoms with E-state index in [0.29, 0.717) is 0 Å². The fourth-order valence-electron chi connectivity index (χ4n) is 1.66. The molecule has 1 unspecified atom stereocenters. The first-order chi connectivity index (χ1) is 5.76. The number of rotatable bonds is 1. The molecule has 0 aromatic heterocycles. The van der Waals surface area contributed by atoms with Gasteiger partial charge in [0.05, 0.1) is 0 Å². The average Bonchev–Trinajstić information content (AvgIpc) is 2.46. The summed E-state index contributed by atoms with van der Waals surface area (Å²) in [5.74, 6) is 0. The second kappa shape index (κ2) is 2.46. The highest BCUT2D eigenvalue weighted by Gasteiger charge is 2.29. The summed E-state index contributed by atoms with van der Waals surface area (Å²) in [4.78, 5) is 0. The molecule has 1 aromatic rings. The Morgan fingerprint density at radius 1 is 1.33 bits per heavy atom. The van der Waals surface area contributed by atoms with Crippen LogP contribution in [0.1, 0.15) is 24.5 Å². The molecule has 0 bridgehead atoms. The van der Waals surface area contributed by atoms with Gasteiger partial charge in [-0.05, 0) is 23.6 Å². The van der Waals surface area contributed by atoms with Gasteiger partial charge >= 0.3 is 0 Å². The van der Waals surface area contributed by atoms with Gasteiger partial charge in [0.2, 0.25) is 0 Å². The predicted octanol–water partition coefficient (Wildman–Crippen LogP) is 2.31. The average molecular weight is 160 g/mol. The highest BCUT2D eigenvalue weighted by molar-refractivity contribution is 5.63. The van der Waals surface area contributed by atoms with E-state index in [-0.39, 0.29) is 0 Å².